The normalized spacial score (nSPS) is 14.1. The zero-order valence-electron chi connectivity index (χ0n) is 19.0. The summed E-state index contributed by atoms with van der Waals surface area (Å²) in [5.74, 6) is 0.416. The molecule has 1 aliphatic rings. The number of carbonyl (C=O) groups excluding carboxylic acids is 1. The summed E-state index contributed by atoms with van der Waals surface area (Å²) in [6.45, 7) is 8.17. The van der Waals surface area contributed by atoms with Crippen LogP contribution >= 0.6 is 24.2 Å². The molecule has 4 rings (SSSR count). The van der Waals surface area contributed by atoms with E-state index in [1.807, 2.05) is 19.9 Å². The van der Waals surface area contributed by atoms with Gasteiger partial charge in [-0.1, -0.05) is 42.1 Å². The summed E-state index contributed by atoms with van der Waals surface area (Å²) < 4.78 is 5.40. The Hall–Kier alpha value is -2.54. The SMILES string of the molecule is CC(C)OC(=O)c1cccnc1N1CCN(Cc2ccc(Sc3ccccc3)cc2)CC1.Cl. The number of ether oxygens (including phenoxy) is 1. The maximum Gasteiger partial charge on any atom is 0.342 e. The molecular formula is C26H30ClN3O2S. The molecule has 174 valence electrons. The molecular weight excluding hydrogens is 454 g/mol. The molecule has 0 unspecified atom stereocenters. The Morgan fingerprint density at radius 1 is 0.939 bits per heavy atom. The number of anilines is 1. The number of hydrogen-bond donors (Lipinski definition) is 0. The van der Waals surface area contributed by atoms with Gasteiger partial charge < -0.3 is 9.64 Å². The van der Waals surface area contributed by atoms with Gasteiger partial charge in [-0.3, -0.25) is 4.90 Å². The third-order valence-corrected chi connectivity index (χ3v) is 6.35. The minimum atomic E-state index is -0.306. The lowest BCUT2D eigenvalue weighted by molar-refractivity contribution is 0.0378. The van der Waals surface area contributed by atoms with Crippen molar-refractivity contribution in [2.24, 2.45) is 0 Å². The number of carbonyl (C=O) groups is 1. The van der Waals surface area contributed by atoms with Crippen LogP contribution in [0.3, 0.4) is 0 Å². The van der Waals surface area contributed by atoms with Gasteiger partial charge in [0.25, 0.3) is 0 Å². The molecule has 2 aromatic carbocycles. The molecule has 1 fully saturated rings. The first-order chi connectivity index (χ1) is 15.6. The summed E-state index contributed by atoms with van der Waals surface area (Å²) in [7, 11) is 0. The monoisotopic (exact) mass is 483 g/mol. The van der Waals surface area contributed by atoms with Gasteiger partial charge in [-0.15, -0.1) is 12.4 Å². The average Bonchev–Trinajstić information content (AvgIpc) is 2.81. The van der Waals surface area contributed by atoms with E-state index in [9.17, 15) is 4.79 Å². The minimum absolute atomic E-state index is 0. The van der Waals surface area contributed by atoms with Crippen molar-refractivity contribution in [1.82, 2.24) is 9.88 Å². The van der Waals surface area contributed by atoms with Crippen LogP contribution in [0.25, 0.3) is 0 Å². The topological polar surface area (TPSA) is 45.7 Å². The van der Waals surface area contributed by atoms with Crippen LogP contribution in [-0.4, -0.2) is 48.1 Å². The maximum atomic E-state index is 12.5. The van der Waals surface area contributed by atoms with Gasteiger partial charge in [0.2, 0.25) is 0 Å². The standard InChI is InChI=1S/C26H29N3O2S.ClH/c1-20(2)31-26(30)24-9-6-14-27-25(24)29-17-15-28(16-18-29)19-21-10-12-23(13-11-21)32-22-7-4-3-5-8-22;/h3-14,20H,15-19H2,1-2H3;1H. The van der Waals surface area contributed by atoms with E-state index in [0.717, 1.165) is 38.5 Å². The van der Waals surface area contributed by atoms with Crippen molar-refractivity contribution in [2.45, 2.75) is 36.3 Å². The summed E-state index contributed by atoms with van der Waals surface area (Å²) in [4.78, 5) is 24.1. The predicted octanol–water partition coefficient (Wildman–Crippen LogP) is 5.54. The Bertz CT molecular complexity index is 1020. The molecule has 33 heavy (non-hydrogen) atoms. The van der Waals surface area contributed by atoms with Gasteiger partial charge in [0.05, 0.1) is 6.10 Å². The number of benzene rings is 2. The number of esters is 1. The molecule has 1 aromatic heterocycles. The summed E-state index contributed by atoms with van der Waals surface area (Å²) >= 11 is 1.78. The molecule has 0 bridgehead atoms. The molecule has 3 aromatic rings. The first-order valence-electron chi connectivity index (χ1n) is 11.0. The van der Waals surface area contributed by atoms with E-state index in [0.29, 0.717) is 5.56 Å². The number of piperazine rings is 1. The quantitative estimate of drug-likeness (QED) is 0.411. The van der Waals surface area contributed by atoms with E-state index >= 15 is 0 Å². The number of hydrogen-bond acceptors (Lipinski definition) is 6. The highest BCUT2D eigenvalue weighted by atomic mass is 35.5. The molecule has 7 heteroatoms. The molecule has 0 atom stereocenters. The number of nitrogens with zero attached hydrogens (tertiary/aromatic N) is 3. The van der Waals surface area contributed by atoms with Crippen molar-refractivity contribution in [3.05, 3.63) is 84.1 Å². The van der Waals surface area contributed by atoms with Gasteiger partial charge in [0.1, 0.15) is 11.4 Å². The average molecular weight is 484 g/mol. The molecule has 0 aliphatic carbocycles. The maximum absolute atomic E-state index is 12.5. The van der Waals surface area contributed by atoms with E-state index in [-0.39, 0.29) is 24.5 Å². The van der Waals surface area contributed by atoms with Crippen molar-refractivity contribution >= 4 is 36.0 Å². The lowest BCUT2D eigenvalue weighted by atomic mass is 10.2. The zero-order chi connectivity index (χ0) is 22.3. The fraction of sp³-hybridized carbons (Fsp3) is 0.308. The van der Waals surface area contributed by atoms with Crippen molar-refractivity contribution in [3.63, 3.8) is 0 Å². The summed E-state index contributed by atoms with van der Waals surface area (Å²) in [6.07, 6.45) is 1.59. The van der Waals surface area contributed by atoms with Crippen molar-refractivity contribution in [2.75, 3.05) is 31.1 Å². The van der Waals surface area contributed by atoms with Gasteiger partial charge in [-0.05, 0) is 55.8 Å². The summed E-state index contributed by atoms with van der Waals surface area (Å²) in [5.41, 5.74) is 1.86. The molecule has 1 aliphatic heterocycles. The van der Waals surface area contributed by atoms with Crippen LogP contribution in [0.1, 0.15) is 29.8 Å². The smallest absolute Gasteiger partial charge is 0.342 e. The van der Waals surface area contributed by atoms with Crippen LogP contribution in [-0.2, 0) is 11.3 Å². The Morgan fingerprint density at radius 3 is 2.27 bits per heavy atom. The second-order valence-electron chi connectivity index (χ2n) is 8.15. The van der Waals surface area contributed by atoms with E-state index < -0.39 is 0 Å². The number of halogens is 1. The lowest BCUT2D eigenvalue weighted by Gasteiger charge is -2.36. The molecule has 0 amide bonds. The van der Waals surface area contributed by atoms with Crippen LogP contribution in [0.2, 0.25) is 0 Å². The molecule has 0 saturated carbocycles. The largest absolute Gasteiger partial charge is 0.459 e. The Balaban J connectivity index is 0.00000306. The van der Waals surface area contributed by atoms with Crippen LogP contribution in [0.15, 0.2) is 82.7 Å². The van der Waals surface area contributed by atoms with Crippen molar-refractivity contribution in [1.29, 1.82) is 0 Å². The van der Waals surface area contributed by atoms with Gasteiger partial charge in [0.15, 0.2) is 0 Å². The molecule has 0 radical (unpaired) electrons. The lowest BCUT2D eigenvalue weighted by Crippen LogP contribution is -2.46. The molecule has 2 heterocycles. The Morgan fingerprint density at radius 2 is 1.61 bits per heavy atom. The number of aromatic nitrogens is 1. The van der Waals surface area contributed by atoms with Crippen molar-refractivity contribution in [3.8, 4) is 0 Å². The molecule has 0 spiro atoms. The minimum Gasteiger partial charge on any atom is -0.459 e. The van der Waals surface area contributed by atoms with E-state index in [1.165, 1.54) is 15.4 Å². The van der Waals surface area contributed by atoms with E-state index in [2.05, 4.69) is 63.3 Å². The number of pyridine rings is 1. The second-order valence-corrected chi connectivity index (χ2v) is 9.30. The molecule has 5 nitrogen and oxygen atoms in total. The second kappa shape index (κ2) is 12.1. The first-order valence-corrected chi connectivity index (χ1v) is 11.9. The molecule has 0 N–H and O–H groups in total. The van der Waals surface area contributed by atoms with E-state index in [1.54, 1.807) is 30.1 Å². The Kier molecular flexibility index (Phi) is 9.18. The first kappa shape index (κ1) is 25.1. The van der Waals surface area contributed by atoms with E-state index in [4.69, 9.17) is 4.74 Å². The zero-order valence-corrected chi connectivity index (χ0v) is 20.6. The van der Waals surface area contributed by atoms with Crippen LogP contribution in [0.5, 0.6) is 0 Å². The summed E-state index contributed by atoms with van der Waals surface area (Å²) in [6, 6.07) is 22.9. The van der Waals surface area contributed by atoms with Crippen LogP contribution in [0, 0.1) is 0 Å². The van der Waals surface area contributed by atoms with Crippen LogP contribution < -0.4 is 4.90 Å². The highest BCUT2D eigenvalue weighted by Crippen LogP contribution is 2.28. The molecule has 1 saturated heterocycles. The van der Waals surface area contributed by atoms with Gasteiger partial charge in [-0.2, -0.15) is 0 Å². The third kappa shape index (κ3) is 6.97. The van der Waals surface area contributed by atoms with Gasteiger partial charge in [-0.25, -0.2) is 9.78 Å². The highest BCUT2D eigenvalue weighted by Gasteiger charge is 2.23. The Labute approximate surface area is 206 Å². The third-order valence-electron chi connectivity index (χ3n) is 5.33. The fourth-order valence-electron chi connectivity index (χ4n) is 3.75. The fourth-order valence-corrected chi connectivity index (χ4v) is 4.59. The highest BCUT2D eigenvalue weighted by molar-refractivity contribution is 7.99. The number of rotatable bonds is 7. The van der Waals surface area contributed by atoms with Crippen molar-refractivity contribution < 1.29 is 9.53 Å². The van der Waals surface area contributed by atoms with Crippen LogP contribution in [0.4, 0.5) is 5.82 Å². The van der Waals surface area contributed by atoms with Gasteiger partial charge in [0, 0.05) is 48.7 Å². The summed E-state index contributed by atoms with van der Waals surface area (Å²) in [5, 5.41) is 0. The van der Waals surface area contributed by atoms with Gasteiger partial charge >= 0.3 is 5.97 Å². The predicted molar refractivity (Wildman–Crippen MR) is 137 cm³/mol.